The van der Waals surface area contributed by atoms with Crippen LogP contribution in [0.1, 0.15) is 10.4 Å². The Morgan fingerprint density at radius 1 is 1.14 bits per heavy atom. The first-order chi connectivity index (χ1) is 10.1. The number of thioether (sulfide) groups is 1. The molecule has 0 saturated heterocycles. The summed E-state index contributed by atoms with van der Waals surface area (Å²) in [4.78, 5) is 23.2. The molecule has 0 fully saturated rings. The van der Waals surface area contributed by atoms with E-state index in [9.17, 15) is 14.0 Å². The van der Waals surface area contributed by atoms with Crippen molar-refractivity contribution in [3.8, 4) is 0 Å². The highest BCUT2D eigenvalue weighted by molar-refractivity contribution is 8.00. The standard InChI is InChI=1S/C15H12FNO3S/c16-12-6-1-2-7-13(12)17-14(18)9-21-11-5-3-4-10(8-11)15(19)20/h1-8H,9H2,(H,17,18)(H,19,20). The molecular formula is C15H12FNO3S. The number of aromatic carboxylic acids is 1. The molecule has 4 nitrogen and oxygen atoms in total. The van der Waals surface area contributed by atoms with Crippen LogP contribution in [0.15, 0.2) is 53.4 Å². The van der Waals surface area contributed by atoms with E-state index in [-0.39, 0.29) is 22.9 Å². The predicted octanol–water partition coefficient (Wildman–Crippen LogP) is 3.25. The van der Waals surface area contributed by atoms with Crippen LogP contribution >= 0.6 is 11.8 Å². The maximum Gasteiger partial charge on any atom is 0.335 e. The first-order valence-electron chi connectivity index (χ1n) is 6.07. The monoisotopic (exact) mass is 305 g/mol. The molecule has 0 unspecified atom stereocenters. The molecule has 2 N–H and O–H groups in total. The number of amides is 1. The fourth-order valence-corrected chi connectivity index (χ4v) is 2.37. The number of carbonyl (C=O) groups is 2. The van der Waals surface area contributed by atoms with Crippen molar-refractivity contribution < 1.29 is 19.1 Å². The summed E-state index contributed by atoms with van der Waals surface area (Å²) >= 11 is 1.19. The smallest absolute Gasteiger partial charge is 0.335 e. The Morgan fingerprint density at radius 2 is 1.90 bits per heavy atom. The molecule has 21 heavy (non-hydrogen) atoms. The molecule has 0 aliphatic carbocycles. The van der Waals surface area contributed by atoms with Crippen molar-refractivity contribution in [1.82, 2.24) is 0 Å². The quantitative estimate of drug-likeness (QED) is 0.832. The van der Waals surface area contributed by atoms with Crippen molar-refractivity contribution in [3.63, 3.8) is 0 Å². The van der Waals surface area contributed by atoms with Crippen LogP contribution in [0.5, 0.6) is 0 Å². The van der Waals surface area contributed by atoms with Gasteiger partial charge in [-0.1, -0.05) is 18.2 Å². The lowest BCUT2D eigenvalue weighted by molar-refractivity contribution is -0.113. The third-order valence-corrected chi connectivity index (χ3v) is 3.59. The van der Waals surface area contributed by atoms with Gasteiger partial charge in [-0.25, -0.2) is 9.18 Å². The van der Waals surface area contributed by atoms with Gasteiger partial charge in [-0.2, -0.15) is 0 Å². The number of hydrogen-bond acceptors (Lipinski definition) is 3. The lowest BCUT2D eigenvalue weighted by atomic mass is 10.2. The molecule has 0 bridgehead atoms. The topological polar surface area (TPSA) is 66.4 Å². The van der Waals surface area contributed by atoms with E-state index in [1.807, 2.05) is 0 Å². The average Bonchev–Trinajstić information content (AvgIpc) is 2.48. The number of nitrogens with one attached hydrogen (secondary N) is 1. The minimum absolute atomic E-state index is 0.0669. The second kappa shape index (κ2) is 6.90. The average molecular weight is 305 g/mol. The van der Waals surface area contributed by atoms with E-state index >= 15 is 0 Å². The van der Waals surface area contributed by atoms with E-state index in [4.69, 9.17) is 5.11 Å². The van der Waals surface area contributed by atoms with Crippen molar-refractivity contribution in [3.05, 3.63) is 59.9 Å². The normalized spacial score (nSPS) is 10.1. The Balaban J connectivity index is 1.94. The molecule has 0 aliphatic heterocycles. The number of carboxylic acid groups (broad SMARTS) is 1. The number of halogens is 1. The van der Waals surface area contributed by atoms with E-state index in [0.717, 1.165) is 0 Å². The molecule has 0 radical (unpaired) electrons. The van der Waals surface area contributed by atoms with Crippen molar-refractivity contribution >= 4 is 29.3 Å². The summed E-state index contributed by atoms with van der Waals surface area (Å²) in [6.07, 6.45) is 0. The second-order valence-electron chi connectivity index (χ2n) is 4.15. The molecule has 0 aliphatic rings. The molecule has 0 aromatic heterocycles. The van der Waals surface area contributed by atoms with Crippen molar-refractivity contribution in [1.29, 1.82) is 0 Å². The number of carboxylic acids is 1. The SMILES string of the molecule is O=C(CSc1cccc(C(=O)O)c1)Nc1ccccc1F. The molecule has 1 amide bonds. The van der Waals surface area contributed by atoms with Crippen LogP contribution in [0.4, 0.5) is 10.1 Å². The molecule has 0 atom stereocenters. The van der Waals surface area contributed by atoms with Gasteiger partial charge in [-0.05, 0) is 30.3 Å². The van der Waals surface area contributed by atoms with Gasteiger partial charge in [0.1, 0.15) is 5.82 Å². The van der Waals surface area contributed by atoms with Crippen LogP contribution < -0.4 is 5.32 Å². The Labute approximate surface area is 125 Å². The molecule has 2 aromatic rings. The number of benzene rings is 2. The van der Waals surface area contributed by atoms with Crippen LogP contribution in [0.25, 0.3) is 0 Å². The van der Waals surface area contributed by atoms with E-state index in [1.165, 1.54) is 42.1 Å². The Hall–Kier alpha value is -2.34. The lowest BCUT2D eigenvalue weighted by Crippen LogP contribution is -2.14. The summed E-state index contributed by atoms with van der Waals surface area (Å²) in [5.41, 5.74) is 0.289. The second-order valence-corrected chi connectivity index (χ2v) is 5.20. The molecule has 0 heterocycles. The van der Waals surface area contributed by atoms with Crippen molar-refractivity contribution in [2.24, 2.45) is 0 Å². The minimum atomic E-state index is -1.02. The van der Waals surface area contributed by atoms with Gasteiger partial charge in [-0.3, -0.25) is 4.79 Å². The number of anilines is 1. The summed E-state index contributed by atoms with van der Waals surface area (Å²) in [7, 11) is 0. The van der Waals surface area contributed by atoms with E-state index in [0.29, 0.717) is 4.90 Å². The van der Waals surface area contributed by atoms with Crippen LogP contribution in [-0.2, 0) is 4.79 Å². The lowest BCUT2D eigenvalue weighted by Gasteiger charge is -2.06. The highest BCUT2D eigenvalue weighted by Crippen LogP contribution is 2.20. The fraction of sp³-hybridized carbons (Fsp3) is 0.0667. The molecule has 2 rings (SSSR count). The van der Waals surface area contributed by atoms with Crippen LogP contribution in [-0.4, -0.2) is 22.7 Å². The Bertz CT molecular complexity index is 675. The van der Waals surface area contributed by atoms with Gasteiger partial charge in [0, 0.05) is 4.90 Å². The van der Waals surface area contributed by atoms with Crippen LogP contribution in [0, 0.1) is 5.82 Å². The molecule has 0 spiro atoms. The molecule has 6 heteroatoms. The largest absolute Gasteiger partial charge is 0.478 e. The van der Waals surface area contributed by atoms with Gasteiger partial charge in [-0.15, -0.1) is 11.8 Å². The van der Waals surface area contributed by atoms with Gasteiger partial charge in [0.25, 0.3) is 0 Å². The van der Waals surface area contributed by atoms with Crippen LogP contribution in [0.2, 0.25) is 0 Å². The van der Waals surface area contributed by atoms with Crippen molar-refractivity contribution in [2.45, 2.75) is 4.90 Å². The zero-order chi connectivity index (χ0) is 15.2. The van der Waals surface area contributed by atoms with Gasteiger partial charge in [0.2, 0.25) is 5.91 Å². The summed E-state index contributed by atoms with van der Waals surface area (Å²) in [5, 5.41) is 11.3. The summed E-state index contributed by atoms with van der Waals surface area (Å²) in [6.45, 7) is 0. The highest BCUT2D eigenvalue weighted by Gasteiger charge is 2.08. The molecular weight excluding hydrogens is 293 g/mol. The number of rotatable bonds is 5. The van der Waals surface area contributed by atoms with E-state index < -0.39 is 11.8 Å². The van der Waals surface area contributed by atoms with Gasteiger partial charge >= 0.3 is 5.97 Å². The highest BCUT2D eigenvalue weighted by atomic mass is 32.2. The molecule has 2 aromatic carbocycles. The number of hydrogen-bond donors (Lipinski definition) is 2. The maximum absolute atomic E-state index is 13.4. The number of para-hydroxylation sites is 1. The van der Waals surface area contributed by atoms with E-state index in [2.05, 4.69) is 5.32 Å². The number of carbonyl (C=O) groups excluding carboxylic acids is 1. The zero-order valence-corrected chi connectivity index (χ0v) is 11.7. The van der Waals surface area contributed by atoms with Gasteiger partial charge in [0.15, 0.2) is 0 Å². The van der Waals surface area contributed by atoms with Gasteiger partial charge in [0.05, 0.1) is 17.0 Å². The Kier molecular flexibility index (Phi) is 4.94. The first-order valence-corrected chi connectivity index (χ1v) is 7.05. The van der Waals surface area contributed by atoms with E-state index in [1.54, 1.807) is 18.2 Å². The summed E-state index contributed by atoms with van der Waals surface area (Å²) in [5.74, 6) is -1.81. The predicted molar refractivity (Wildman–Crippen MR) is 79.2 cm³/mol. The minimum Gasteiger partial charge on any atom is -0.478 e. The van der Waals surface area contributed by atoms with Crippen LogP contribution in [0.3, 0.4) is 0 Å². The maximum atomic E-state index is 13.4. The first kappa shape index (κ1) is 15.1. The molecule has 0 saturated carbocycles. The molecule has 108 valence electrons. The van der Waals surface area contributed by atoms with Crippen molar-refractivity contribution in [2.75, 3.05) is 11.1 Å². The Morgan fingerprint density at radius 3 is 2.62 bits per heavy atom. The van der Waals surface area contributed by atoms with Gasteiger partial charge < -0.3 is 10.4 Å². The summed E-state index contributed by atoms with van der Waals surface area (Å²) < 4.78 is 13.4. The third kappa shape index (κ3) is 4.32. The zero-order valence-electron chi connectivity index (χ0n) is 10.9. The summed E-state index contributed by atoms with van der Waals surface area (Å²) in [6, 6.07) is 12.2. The fourth-order valence-electron chi connectivity index (χ4n) is 1.62. The third-order valence-electron chi connectivity index (χ3n) is 2.60.